The maximum absolute atomic E-state index is 13.4. The number of nitrogens with one attached hydrogen (secondary N) is 1. The highest BCUT2D eigenvalue weighted by Gasteiger charge is 2.71. The fourth-order valence-electron chi connectivity index (χ4n) is 7.05. The van der Waals surface area contributed by atoms with Crippen LogP contribution in [-0.2, 0) is 30.2 Å². The Kier molecular flexibility index (Phi) is 11.0. The van der Waals surface area contributed by atoms with Gasteiger partial charge in [-0.15, -0.1) is 0 Å². The number of carbonyl (C=O) groups is 3. The van der Waals surface area contributed by atoms with Crippen molar-refractivity contribution in [3.8, 4) is 5.75 Å². The predicted molar refractivity (Wildman–Crippen MR) is 177 cm³/mol. The minimum atomic E-state index is -1.83. The summed E-state index contributed by atoms with van der Waals surface area (Å²) in [6.45, 7) is 5.72. The lowest BCUT2D eigenvalue weighted by molar-refractivity contribution is -0.149. The van der Waals surface area contributed by atoms with E-state index in [1.165, 1.54) is 7.11 Å². The number of hydrogen-bond donors (Lipinski definition) is 3. The van der Waals surface area contributed by atoms with Crippen LogP contribution >= 0.6 is 11.6 Å². The molecule has 3 aliphatic heterocycles. The van der Waals surface area contributed by atoms with Crippen LogP contribution in [-0.4, -0.2) is 110 Å². The zero-order valence-corrected chi connectivity index (χ0v) is 29.2. The summed E-state index contributed by atoms with van der Waals surface area (Å²) in [5.74, 6) is -1.16. The Labute approximate surface area is 281 Å². The number of allylic oxidation sites excluding steroid dienone is 3. The van der Waals surface area contributed by atoms with E-state index in [1.54, 1.807) is 50.2 Å². The molecular formula is C34H48ClN3O9. The van der Waals surface area contributed by atoms with Gasteiger partial charge in [-0.25, -0.2) is 4.79 Å². The number of rotatable bonds is 6. The standard InChI is InChI=1S/C34H48ClN3O9/c1-20-10-9-11-28(45-8)34(43)18-27(46-31(42)36-34)21(2)33(17-25(30(40)41)37(4)5)32(3,47-33)13-12-23(39)19-38(6)24-15-22(14-20)16-26(44-7)29(24)35/h9-11,15-16,21,25,27-28,43H,12-14,17-19H2,1-8H3,(H,36,42)(H,40,41)/b11-9+,20-10+/t21-,25+,27+,28-,32+,33+,34+/m1/s1. The molecule has 7 atom stereocenters. The summed E-state index contributed by atoms with van der Waals surface area (Å²) in [4.78, 5) is 42.1. The van der Waals surface area contributed by atoms with Crippen molar-refractivity contribution in [3.63, 3.8) is 0 Å². The molecular weight excluding hydrogens is 630 g/mol. The number of nitrogens with zero attached hydrogens (tertiary/aromatic N) is 2. The lowest BCUT2D eigenvalue weighted by Crippen LogP contribution is -2.64. The Morgan fingerprint density at radius 2 is 1.98 bits per heavy atom. The number of hydrogen-bond acceptors (Lipinski definition) is 10. The molecule has 2 saturated heterocycles. The molecule has 13 heteroatoms. The molecule has 3 heterocycles. The molecule has 260 valence electrons. The second-order valence-electron chi connectivity index (χ2n) is 13.5. The predicted octanol–water partition coefficient (Wildman–Crippen LogP) is 3.96. The molecule has 0 radical (unpaired) electrons. The number of Topliss-reactive ketones (excluding diaryl/α,β-unsaturated/α-hetero) is 1. The number of carboxylic acids is 1. The Bertz CT molecular complexity index is 1430. The van der Waals surface area contributed by atoms with Crippen LogP contribution < -0.4 is 15.0 Å². The minimum Gasteiger partial charge on any atom is -0.495 e. The van der Waals surface area contributed by atoms with E-state index in [0.717, 1.165) is 11.1 Å². The number of fused-ring (bicyclic) bond motifs is 5. The van der Waals surface area contributed by atoms with E-state index in [4.69, 9.17) is 30.5 Å². The molecule has 2 fully saturated rings. The zero-order chi connectivity index (χ0) is 34.9. The Morgan fingerprint density at radius 3 is 2.60 bits per heavy atom. The maximum Gasteiger partial charge on any atom is 0.409 e. The molecule has 0 aromatic heterocycles. The Hall–Kier alpha value is -3.16. The summed E-state index contributed by atoms with van der Waals surface area (Å²) in [7, 11) is 8.13. The van der Waals surface area contributed by atoms with Crippen molar-refractivity contribution in [3.05, 3.63) is 46.5 Å². The third-order valence-corrected chi connectivity index (χ3v) is 10.3. The van der Waals surface area contributed by atoms with Gasteiger partial charge in [-0.1, -0.05) is 42.3 Å². The molecule has 3 aliphatic rings. The highest BCUT2D eigenvalue weighted by atomic mass is 35.5. The zero-order valence-electron chi connectivity index (χ0n) is 28.5. The van der Waals surface area contributed by atoms with Gasteiger partial charge in [0, 0.05) is 39.3 Å². The van der Waals surface area contributed by atoms with E-state index in [1.807, 2.05) is 39.0 Å². The normalized spacial score (nSPS) is 34.2. The molecule has 12 nitrogen and oxygen atoms in total. The van der Waals surface area contributed by atoms with Crippen LogP contribution in [0.15, 0.2) is 35.9 Å². The largest absolute Gasteiger partial charge is 0.495 e. The fourth-order valence-corrected chi connectivity index (χ4v) is 7.38. The lowest BCUT2D eigenvalue weighted by Gasteiger charge is -2.43. The number of alkyl carbamates (subject to hydrolysis) is 1. The lowest BCUT2D eigenvalue weighted by atomic mass is 9.72. The molecule has 1 aromatic rings. The van der Waals surface area contributed by atoms with Gasteiger partial charge in [-0.2, -0.15) is 0 Å². The van der Waals surface area contributed by atoms with Crippen LogP contribution in [0.2, 0.25) is 5.02 Å². The average Bonchev–Trinajstić information content (AvgIpc) is 3.60. The van der Waals surface area contributed by atoms with E-state index < -0.39 is 53.2 Å². The van der Waals surface area contributed by atoms with E-state index >= 15 is 0 Å². The third kappa shape index (κ3) is 7.62. The number of aliphatic carboxylic acids is 1. The molecule has 4 bridgehead atoms. The van der Waals surface area contributed by atoms with Crippen LogP contribution in [0.1, 0.15) is 52.0 Å². The number of ketones is 1. The van der Waals surface area contributed by atoms with E-state index in [-0.39, 0.29) is 31.6 Å². The number of halogens is 1. The monoisotopic (exact) mass is 677 g/mol. The fraction of sp³-hybridized carbons (Fsp3) is 0.618. The molecule has 0 saturated carbocycles. The second-order valence-corrected chi connectivity index (χ2v) is 13.9. The SMILES string of the molecule is COc1cc2cc(c1Cl)N(C)CC(=O)CC[C@]1(C)O[C@@]1(C[C@@H](C(=O)O)N(C)C)[C@H](C)[C@@H]1C[C@@](O)(NC(=O)O1)[C@H](OC)/C=C/C=C(\C)C2. The summed E-state index contributed by atoms with van der Waals surface area (Å²) < 4.78 is 23.4. The van der Waals surface area contributed by atoms with E-state index in [9.17, 15) is 24.6 Å². The molecule has 0 unspecified atom stereocenters. The topological polar surface area (TPSA) is 150 Å². The molecule has 1 aromatic carbocycles. The number of aliphatic hydroxyl groups is 1. The van der Waals surface area contributed by atoms with Crippen LogP contribution in [0.25, 0.3) is 0 Å². The number of methoxy groups -OCH3 is 2. The number of anilines is 1. The Balaban J connectivity index is 1.78. The third-order valence-electron chi connectivity index (χ3n) is 9.93. The highest BCUT2D eigenvalue weighted by Crippen LogP contribution is 2.60. The first-order valence-corrected chi connectivity index (χ1v) is 16.1. The smallest absolute Gasteiger partial charge is 0.409 e. The molecule has 3 N–H and O–H groups in total. The van der Waals surface area contributed by atoms with Crippen LogP contribution in [0.3, 0.4) is 0 Å². The molecule has 4 rings (SSSR count). The van der Waals surface area contributed by atoms with Crippen molar-refractivity contribution in [1.82, 2.24) is 10.2 Å². The van der Waals surface area contributed by atoms with Crippen molar-refractivity contribution < 1.29 is 43.5 Å². The summed E-state index contributed by atoms with van der Waals surface area (Å²) in [5.41, 5.74) is -1.27. The van der Waals surface area contributed by atoms with Gasteiger partial charge < -0.3 is 34.1 Å². The summed E-state index contributed by atoms with van der Waals surface area (Å²) in [6, 6.07) is 2.87. The molecule has 0 spiro atoms. The van der Waals surface area contributed by atoms with Crippen molar-refractivity contribution in [1.29, 1.82) is 0 Å². The van der Waals surface area contributed by atoms with Crippen molar-refractivity contribution in [2.24, 2.45) is 5.92 Å². The van der Waals surface area contributed by atoms with Gasteiger partial charge in [0.2, 0.25) is 0 Å². The number of epoxide rings is 1. The molecule has 47 heavy (non-hydrogen) atoms. The van der Waals surface area contributed by atoms with Gasteiger partial charge in [0.25, 0.3) is 0 Å². The highest BCUT2D eigenvalue weighted by molar-refractivity contribution is 6.34. The van der Waals surface area contributed by atoms with Crippen molar-refractivity contribution in [2.75, 3.05) is 46.8 Å². The van der Waals surface area contributed by atoms with Crippen molar-refractivity contribution >= 4 is 35.1 Å². The number of ether oxygens (including phenoxy) is 4. The van der Waals surface area contributed by atoms with Gasteiger partial charge in [0.1, 0.15) is 34.6 Å². The van der Waals surface area contributed by atoms with Crippen LogP contribution in [0.4, 0.5) is 10.5 Å². The summed E-state index contributed by atoms with van der Waals surface area (Å²) in [5, 5.41) is 24.8. The van der Waals surface area contributed by atoms with Crippen LogP contribution in [0.5, 0.6) is 5.75 Å². The first-order chi connectivity index (χ1) is 22.0. The van der Waals surface area contributed by atoms with Gasteiger partial charge in [-0.05, 0) is 58.5 Å². The Morgan fingerprint density at radius 1 is 1.28 bits per heavy atom. The van der Waals surface area contributed by atoms with Gasteiger partial charge in [0.15, 0.2) is 11.5 Å². The van der Waals surface area contributed by atoms with Crippen molar-refractivity contribution in [2.45, 2.75) is 88.1 Å². The number of carboxylic acid groups (broad SMARTS) is 1. The second kappa shape index (κ2) is 14.1. The summed E-state index contributed by atoms with van der Waals surface area (Å²) >= 11 is 6.70. The van der Waals surface area contributed by atoms with Crippen LogP contribution in [0, 0.1) is 5.92 Å². The average molecular weight is 678 g/mol. The number of carbonyl (C=O) groups excluding carboxylic acids is 2. The summed E-state index contributed by atoms with van der Waals surface area (Å²) in [6.07, 6.45) is 3.72. The van der Waals surface area contributed by atoms with E-state index in [0.29, 0.717) is 29.3 Å². The minimum absolute atomic E-state index is 0.0522. The van der Waals surface area contributed by atoms with Gasteiger partial charge in [0.05, 0.1) is 24.9 Å². The molecule has 1 amide bonds. The first-order valence-electron chi connectivity index (χ1n) is 15.8. The number of amides is 1. The van der Waals surface area contributed by atoms with Gasteiger partial charge in [-0.3, -0.25) is 19.8 Å². The number of likely N-dealkylation sites (N-methyl/N-ethyl adjacent to an activating group) is 2. The quantitative estimate of drug-likeness (QED) is 0.376. The van der Waals surface area contributed by atoms with Gasteiger partial charge >= 0.3 is 12.1 Å². The molecule has 0 aliphatic carbocycles. The van der Waals surface area contributed by atoms with E-state index in [2.05, 4.69) is 5.32 Å². The number of benzene rings is 1. The maximum atomic E-state index is 13.4. The first kappa shape index (κ1) is 36.7.